The molecule has 1 N–H and O–H groups in total. The van der Waals surface area contributed by atoms with E-state index in [0.717, 1.165) is 30.0 Å². The molecule has 1 amide bonds. The number of likely N-dealkylation sites (tertiary alicyclic amines) is 1. The molecule has 1 saturated carbocycles. The van der Waals surface area contributed by atoms with Crippen molar-refractivity contribution in [3.63, 3.8) is 0 Å². The maximum Gasteiger partial charge on any atom is 0.416 e. The van der Waals surface area contributed by atoms with Crippen molar-refractivity contribution >= 4 is 23.4 Å². The van der Waals surface area contributed by atoms with Crippen LogP contribution in [0, 0.1) is 0 Å². The fraction of sp³-hybridized carbons (Fsp3) is 0.481. The van der Waals surface area contributed by atoms with Gasteiger partial charge in [-0.1, -0.05) is 25.0 Å². The summed E-state index contributed by atoms with van der Waals surface area (Å²) < 4.78 is 45.7. The van der Waals surface area contributed by atoms with Crippen molar-refractivity contribution in [2.24, 2.45) is 0 Å². The van der Waals surface area contributed by atoms with Crippen molar-refractivity contribution in [2.45, 2.75) is 63.6 Å². The van der Waals surface area contributed by atoms with E-state index in [0.29, 0.717) is 66.4 Å². The number of nitrogens with one attached hydrogen (secondary N) is 1. The Hall–Kier alpha value is -3.21. The lowest BCUT2D eigenvalue weighted by atomic mass is 9.98. The van der Waals surface area contributed by atoms with Crippen molar-refractivity contribution in [1.82, 2.24) is 19.9 Å². The van der Waals surface area contributed by atoms with Gasteiger partial charge in [0.1, 0.15) is 0 Å². The molecular formula is C27H30F3N5O2S. The van der Waals surface area contributed by atoms with E-state index in [9.17, 15) is 18.0 Å². The summed E-state index contributed by atoms with van der Waals surface area (Å²) >= 11 is 1.45. The van der Waals surface area contributed by atoms with Gasteiger partial charge < -0.3 is 15.0 Å². The molecule has 11 heteroatoms. The quantitative estimate of drug-likeness (QED) is 0.360. The molecule has 1 aliphatic heterocycles. The van der Waals surface area contributed by atoms with Gasteiger partial charge in [0.25, 0.3) is 0 Å². The molecule has 38 heavy (non-hydrogen) atoms. The predicted octanol–water partition coefficient (Wildman–Crippen LogP) is 6.98. The molecule has 2 fully saturated rings. The summed E-state index contributed by atoms with van der Waals surface area (Å²) in [4.78, 5) is 28.5. The van der Waals surface area contributed by atoms with Crippen molar-refractivity contribution < 1.29 is 22.7 Å². The molecule has 7 nitrogen and oxygen atoms in total. The number of carbonyl (C=O) groups is 1. The number of alkyl halides is 3. The Labute approximate surface area is 223 Å². The maximum atomic E-state index is 13.5. The number of anilines is 1. The van der Waals surface area contributed by atoms with Gasteiger partial charge in [-0.15, -0.1) is 11.3 Å². The minimum absolute atomic E-state index is 0.0851. The van der Waals surface area contributed by atoms with E-state index in [4.69, 9.17) is 14.7 Å². The summed E-state index contributed by atoms with van der Waals surface area (Å²) in [5.41, 5.74) is 0.782. The van der Waals surface area contributed by atoms with Crippen molar-refractivity contribution in [2.75, 3.05) is 25.0 Å². The molecule has 202 valence electrons. The molecule has 3 aromatic rings. The first-order valence-corrected chi connectivity index (χ1v) is 13.8. The van der Waals surface area contributed by atoms with E-state index in [1.807, 2.05) is 0 Å². The summed E-state index contributed by atoms with van der Waals surface area (Å²) in [6.07, 6.45) is 2.77. The summed E-state index contributed by atoms with van der Waals surface area (Å²) in [6, 6.07) is 7.37. The van der Waals surface area contributed by atoms with Crippen molar-refractivity contribution in [3.05, 3.63) is 47.1 Å². The molecule has 0 radical (unpaired) electrons. The van der Waals surface area contributed by atoms with Gasteiger partial charge in [-0.25, -0.2) is 19.7 Å². The van der Waals surface area contributed by atoms with Gasteiger partial charge in [0.15, 0.2) is 0 Å². The molecule has 0 unspecified atom stereocenters. The molecule has 0 atom stereocenters. The first-order chi connectivity index (χ1) is 18.3. The summed E-state index contributed by atoms with van der Waals surface area (Å²) in [6.45, 7) is 3.19. The second-order valence-corrected chi connectivity index (χ2v) is 10.7. The van der Waals surface area contributed by atoms with Crippen LogP contribution in [0.2, 0.25) is 0 Å². The third kappa shape index (κ3) is 5.92. The summed E-state index contributed by atoms with van der Waals surface area (Å²) in [5.74, 6) is 0.601. The smallest absolute Gasteiger partial charge is 0.416 e. The van der Waals surface area contributed by atoms with Crippen LogP contribution >= 0.6 is 11.3 Å². The number of hydrogen-bond donors (Lipinski definition) is 1. The summed E-state index contributed by atoms with van der Waals surface area (Å²) in [5, 5.41) is 4.23. The highest BCUT2D eigenvalue weighted by Gasteiger charge is 2.32. The molecule has 5 rings (SSSR count). The van der Waals surface area contributed by atoms with Gasteiger partial charge >= 0.3 is 12.3 Å². The molecule has 0 spiro atoms. The Bertz CT molecular complexity index is 1270. The van der Waals surface area contributed by atoms with E-state index in [2.05, 4.69) is 10.3 Å². The molecule has 1 aliphatic carbocycles. The number of nitrogens with zero attached hydrogens (tertiary/aromatic N) is 4. The summed E-state index contributed by atoms with van der Waals surface area (Å²) in [7, 11) is 0. The molecule has 3 heterocycles. The zero-order chi connectivity index (χ0) is 26.7. The van der Waals surface area contributed by atoms with Crippen molar-refractivity contribution in [3.8, 4) is 21.8 Å². The van der Waals surface area contributed by atoms with Crippen LogP contribution in [0.3, 0.4) is 0 Å². The van der Waals surface area contributed by atoms with Gasteiger partial charge in [0.2, 0.25) is 5.95 Å². The number of benzene rings is 1. The zero-order valence-corrected chi connectivity index (χ0v) is 21.9. The second kappa shape index (κ2) is 11.3. The van der Waals surface area contributed by atoms with E-state index < -0.39 is 11.7 Å². The average Bonchev–Trinajstić information content (AvgIpc) is 3.59. The predicted molar refractivity (Wildman–Crippen MR) is 140 cm³/mol. The minimum atomic E-state index is -4.46. The highest BCUT2D eigenvalue weighted by atomic mass is 32.1. The zero-order valence-electron chi connectivity index (χ0n) is 21.1. The average molecular weight is 546 g/mol. The van der Waals surface area contributed by atoms with E-state index >= 15 is 0 Å². The standard InChI is InChI=1S/C27H30F3N5O2S/c1-2-37-26(36)35-14-11-17(12-15-35)24-34-22(18-6-5-7-19(16-18)27(28,29)30)23(38-24)21-10-13-31-25(33-21)32-20-8-3-4-9-20/h5-7,10,13,16-17,20H,2-4,8-9,11-12,14-15H2,1H3,(H,31,32,33). The van der Waals surface area contributed by atoms with Crippen LogP contribution < -0.4 is 5.32 Å². The van der Waals surface area contributed by atoms with Gasteiger partial charge in [-0.05, 0) is 50.8 Å². The maximum absolute atomic E-state index is 13.5. The Kier molecular flexibility index (Phi) is 7.83. The van der Waals surface area contributed by atoms with E-state index in [-0.39, 0.29) is 12.0 Å². The third-order valence-electron chi connectivity index (χ3n) is 7.05. The SMILES string of the molecule is CCOC(=O)N1CCC(c2nc(-c3cccc(C(F)(F)F)c3)c(-c3ccnc(NC4CCCC4)n3)s2)CC1. The number of halogens is 3. The molecule has 1 saturated heterocycles. The van der Waals surface area contributed by atoms with Gasteiger partial charge in [0, 0.05) is 36.8 Å². The number of aromatic nitrogens is 3. The van der Waals surface area contributed by atoms with Gasteiger partial charge in [-0.3, -0.25) is 0 Å². The number of hydrogen-bond acceptors (Lipinski definition) is 7. The first kappa shape index (κ1) is 26.4. The van der Waals surface area contributed by atoms with Crippen LogP contribution in [0.25, 0.3) is 21.8 Å². The van der Waals surface area contributed by atoms with Crippen LogP contribution in [0.15, 0.2) is 36.5 Å². The van der Waals surface area contributed by atoms with Crippen LogP contribution in [0.4, 0.5) is 23.9 Å². The lowest BCUT2D eigenvalue weighted by molar-refractivity contribution is -0.137. The Morgan fingerprint density at radius 1 is 1.13 bits per heavy atom. The number of piperidine rings is 1. The number of ether oxygens (including phenoxy) is 1. The van der Waals surface area contributed by atoms with Gasteiger partial charge in [0.05, 0.1) is 33.4 Å². The Morgan fingerprint density at radius 2 is 1.89 bits per heavy atom. The number of carbonyl (C=O) groups excluding carboxylic acids is 1. The molecule has 2 aliphatic rings. The molecule has 1 aromatic carbocycles. The van der Waals surface area contributed by atoms with Crippen molar-refractivity contribution in [1.29, 1.82) is 0 Å². The third-order valence-corrected chi connectivity index (χ3v) is 8.29. The monoisotopic (exact) mass is 545 g/mol. The van der Waals surface area contributed by atoms with Crippen LogP contribution in [0.5, 0.6) is 0 Å². The number of rotatable bonds is 6. The molecular weight excluding hydrogens is 515 g/mol. The second-order valence-electron chi connectivity index (χ2n) is 9.66. The van der Waals surface area contributed by atoms with Crippen LogP contribution in [0.1, 0.15) is 61.9 Å². The molecule has 0 bridgehead atoms. The van der Waals surface area contributed by atoms with E-state index in [1.165, 1.54) is 30.2 Å². The molecule has 2 aromatic heterocycles. The topological polar surface area (TPSA) is 80.2 Å². The minimum Gasteiger partial charge on any atom is -0.450 e. The highest BCUT2D eigenvalue weighted by Crippen LogP contribution is 2.42. The van der Waals surface area contributed by atoms with Crippen LogP contribution in [-0.2, 0) is 10.9 Å². The van der Waals surface area contributed by atoms with Crippen LogP contribution in [-0.4, -0.2) is 51.7 Å². The number of thiazole rings is 1. The van der Waals surface area contributed by atoms with E-state index in [1.54, 1.807) is 30.2 Å². The Balaban J connectivity index is 1.48. The normalized spacial score (nSPS) is 17.1. The fourth-order valence-corrected chi connectivity index (χ4v) is 6.28. The Morgan fingerprint density at radius 3 is 2.61 bits per heavy atom. The lowest BCUT2D eigenvalue weighted by Gasteiger charge is -2.30. The van der Waals surface area contributed by atoms with Gasteiger partial charge in [-0.2, -0.15) is 13.2 Å². The largest absolute Gasteiger partial charge is 0.450 e. The number of amides is 1. The fourth-order valence-electron chi connectivity index (χ4n) is 5.05. The first-order valence-electron chi connectivity index (χ1n) is 13.0. The lowest BCUT2D eigenvalue weighted by Crippen LogP contribution is -2.38. The highest BCUT2D eigenvalue weighted by molar-refractivity contribution is 7.15.